The first-order valence-corrected chi connectivity index (χ1v) is 18.6. The van der Waals surface area contributed by atoms with E-state index in [0.29, 0.717) is 56.6 Å². The monoisotopic (exact) mass is 706 g/mol. The van der Waals surface area contributed by atoms with Gasteiger partial charge >= 0.3 is 5.97 Å². The summed E-state index contributed by atoms with van der Waals surface area (Å²) in [5, 5.41) is 11.9. The number of hydrogen-bond acceptors (Lipinski definition) is 13. The Morgan fingerprint density at radius 1 is 0.812 bits per heavy atom. The van der Waals surface area contributed by atoms with Gasteiger partial charge < -0.3 is 19.3 Å². The molecule has 0 aliphatic carbocycles. The van der Waals surface area contributed by atoms with Crippen LogP contribution in [0.4, 0.5) is 0 Å². The third-order valence-electron chi connectivity index (χ3n) is 7.64. The number of aliphatic hydroxyl groups is 1. The van der Waals surface area contributed by atoms with Gasteiger partial charge in [-0.15, -0.1) is 0 Å². The highest BCUT2D eigenvalue weighted by molar-refractivity contribution is 7.91. The molecule has 0 saturated carbocycles. The minimum Gasteiger partial charge on any atom is -0.454 e. The van der Waals surface area contributed by atoms with Gasteiger partial charge in [0.15, 0.2) is 31.2 Å². The fraction of sp³-hybridized carbons (Fsp3) is 0.152. The lowest BCUT2D eigenvalue weighted by Crippen LogP contribution is -2.29. The molecular weight excluding hydrogens is 681 g/mol. The molecule has 0 bridgehead atoms. The first kappa shape index (κ1) is 33.0. The Bertz CT molecular complexity index is 2320. The quantitative estimate of drug-likeness (QED) is 0.190. The number of carbonyl (C=O) groups excluding carboxylic acids is 2. The van der Waals surface area contributed by atoms with Crippen molar-refractivity contribution in [2.24, 2.45) is 0 Å². The average molecular weight is 707 g/mol. The highest BCUT2D eigenvalue weighted by Gasteiger charge is 2.48. The van der Waals surface area contributed by atoms with Crippen molar-refractivity contribution in [1.82, 2.24) is 8.75 Å². The van der Waals surface area contributed by atoms with E-state index in [2.05, 4.69) is 8.75 Å². The summed E-state index contributed by atoms with van der Waals surface area (Å²) in [5.41, 5.74) is 3.71. The molecule has 0 fully saturated rings. The molecule has 1 unspecified atom stereocenters. The zero-order valence-corrected chi connectivity index (χ0v) is 27.8. The van der Waals surface area contributed by atoms with Crippen molar-refractivity contribution >= 4 is 60.3 Å². The van der Waals surface area contributed by atoms with Crippen LogP contribution in [0, 0.1) is 0 Å². The van der Waals surface area contributed by atoms with E-state index in [0.717, 1.165) is 24.2 Å². The van der Waals surface area contributed by atoms with E-state index >= 15 is 0 Å². The number of aldehydes is 1. The van der Waals surface area contributed by atoms with E-state index in [1.165, 1.54) is 36.4 Å². The van der Waals surface area contributed by atoms with E-state index in [1.54, 1.807) is 48.5 Å². The molecule has 2 aliphatic rings. The Labute approximate surface area is 279 Å². The summed E-state index contributed by atoms with van der Waals surface area (Å²) in [4.78, 5) is 23.9. The number of benzene rings is 4. The van der Waals surface area contributed by atoms with Crippen LogP contribution in [0.25, 0.3) is 16.6 Å². The fourth-order valence-corrected chi connectivity index (χ4v) is 6.95. The van der Waals surface area contributed by atoms with Crippen molar-refractivity contribution in [1.29, 1.82) is 0 Å². The SMILES string of the molecule is CS(=O)(=O)c1ccc(C=O)cc1.CS(=O)(=O)c1ccc(CC2=C(c3ccc4c(c3)OCO4)C(=O)OC2(O)c2ccc3nsnc3c2)cc1. The van der Waals surface area contributed by atoms with Crippen molar-refractivity contribution in [3.63, 3.8) is 0 Å². The second kappa shape index (κ2) is 12.6. The number of carbonyl (C=O) groups is 2. The molecule has 1 aromatic heterocycles. The topological polar surface area (TPSA) is 176 Å². The van der Waals surface area contributed by atoms with Gasteiger partial charge in [-0.25, -0.2) is 21.6 Å². The summed E-state index contributed by atoms with van der Waals surface area (Å²) in [6, 6.07) is 22.1. The summed E-state index contributed by atoms with van der Waals surface area (Å²) in [6.45, 7) is 0.0768. The third-order valence-corrected chi connectivity index (χ3v) is 10.5. The van der Waals surface area contributed by atoms with Gasteiger partial charge in [-0.3, -0.25) is 4.79 Å². The smallest absolute Gasteiger partial charge is 0.342 e. The predicted molar refractivity (Wildman–Crippen MR) is 175 cm³/mol. The van der Waals surface area contributed by atoms with Crippen molar-refractivity contribution in [2.75, 3.05) is 19.3 Å². The van der Waals surface area contributed by atoms with Crippen LogP contribution in [0.15, 0.2) is 100 Å². The molecule has 246 valence electrons. The molecule has 15 heteroatoms. The second-order valence-electron chi connectivity index (χ2n) is 11.0. The average Bonchev–Trinajstić information content (AvgIpc) is 3.78. The maximum atomic E-state index is 13.2. The minimum atomic E-state index is -3.37. The van der Waals surface area contributed by atoms with Gasteiger partial charge in [0.2, 0.25) is 6.79 Å². The molecule has 4 aromatic carbocycles. The highest BCUT2D eigenvalue weighted by atomic mass is 32.2. The van der Waals surface area contributed by atoms with Crippen molar-refractivity contribution < 1.29 is 45.7 Å². The number of esters is 1. The number of rotatable bonds is 7. The molecule has 0 saturated heterocycles. The predicted octanol–water partition coefficient (Wildman–Crippen LogP) is 4.12. The number of nitrogens with zero attached hydrogens (tertiary/aromatic N) is 2. The van der Waals surface area contributed by atoms with Crippen molar-refractivity contribution in [2.45, 2.75) is 22.0 Å². The van der Waals surface area contributed by atoms with E-state index in [-0.39, 0.29) is 28.6 Å². The normalized spacial score (nSPS) is 17.2. The van der Waals surface area contributed by atoms with Crippen LogP contribution in [0.1, 0.15) is 27.0 Å². The summed E-state index contributed by atoms with van der Waals surface area (Å²) >= 11 is 1.04. The molecule has 1 atom stereocenters. The Morgan fingerprint density at radius 2 is 1.44 bits per heavy atom. The lowest BCUT2D eigenvalue weighted by molar-refractivity contribution is -0.185. The van der Waals surface area contributed by atoms with Gasteiger partial charge in [0.1, 0.15) is 17.3 Å². The maximum absolute atomic E-state index is 13.2. The number of hydrogen-bond donors (Lipinski definition) is 1. The first-order valence-electron chi connectivity index (χ1n) is 14.1. The zero-order valence-electron chi connectivity index (χ0n) is 25.3. The standard InChI is InChI=1S/C25H18N2O7S2.C8H8O3S/c1-36(30,31)17-6-2-14(3-7-17)10-18-23(15-4-9-21-22(11-15)33-13-32-21)24(28)34-25(18,29)16-5-8-19-20(12-16)27-35-26-19;1-12(10,11)8-4-2-7(6-9)3-5-8/h2-9,11-12,29H,10,13H2,1H3;2-6H,1H3. The zero-order chi connectivity index (χ0) is 34.3. The fourth-order valence-electron chi connectivity index (χ4n) is 5.17. The molecule has 48 heavy (non-hydrogen) atoms. The van der Waals surface area contributed by atoms with Gasteiger partial charge in [0.05, 0.1) is 27.1 Å². The summed E-state index contributed by atoms with van der Waals surface area (Å²) in [6.07, 6.45) is 3.05. The van der Waals surface area contributed by atoms with Crippen LogP contribution in [0.2, 0.25) is 0 Å². The van der Waals surface area contributed by atoms with Crippen LogP contribution in [-0.2, 0) is 41.4 Å². The van der Waals surface area contributed by atoms with Gasteiger partial charge in [-0.05, 0) is 65.7 Å². The summed E-state index contributed by atoms with van der Waals surface area (Å²) in [5.74, 6) is -1.73. The molecule has 12 nitrogen and oxygen atoms in total. The number of sulfone groups is 2. The largest absolute Gasteiger partial charge is 0.454 e. The van der Waals surface area contributed by atoms with E-state index < -0.39 is 31.4 Å². The third kappa shape index (κ3) is 6.57. The summed E-state index contributed by atoms with van der Waals surface area (Å²) in [7, 11) is -6.52. The Morgan fingerprint density at radius 3 is 2.08 bits per heavy atom. The Hall–Kier alpha value is -4.96. The van der Waals surface area contributed by atoms with Gasteiger partial charge in [-0.1, -0.05) is 30.3 Å². The Balaban J connectivity index is 0.000000284. The van der Waals surface area contributed by atoms with Crippen molar-refractivity contribution in [3.8, 4) is 11.5 Å². The Kier molecular flexibility index (Phi) is 8.63. The minimum absolute atomic E-state index is 0.0768. The molecule has 0 radical (unpaired) electrons. The molecule has 3 heterocycles. The molecular formula is C33H26N2O10S3. The lowest BCUT2D eigenvalue weighted by Gasteiger charge is -2.25. The summed E-state index contributed by atoms with van der Waals surface area (Å²) < 4.78 is 70.6. The van der Waals surface area contributed by atoms with Gasteiger partial charge in [0, 0.05) is 35.6 Å². The van der Waals surface area contributed by atoms with Crippen LogP contribution in [0.3, 0.4) is 0 Å². The number of cyclic esters (lactones) is 1. The van der Waals surface area contributed by atoms with Gasteiger partial charge in [-0.2, -0.15) is 8.75 Å². The first-order chi connectivity index (χ1) is 22.8. The van der Waals surface area contributed by atoms with Crippen LogP contribution in [-0.4, -0.2) is 62.2 Å². The molecule has 7 rings (SSSR count). The highest BCUT2D eigenvalue weighted by Crippen LogP contribution is 2.46. The van der Waals surface area contributed by atoms with Crippen LogP contribution >= 0.6 is 11.7 Å². The molecule has 0 amide bonds. The second-order valence-corrected chi connectivity index (χ2v) is 15.5. The van der Waals surface area contributed by atoms with Gasteiger partial charge in [0.25, 0.3) is 5.79 Å². The van der Waals surface area contributed by atoms with Crippen molar-refractivity contribution in [3.05, 3.63) is 113 Å². The molecule has 2 aliphatic heterocycles. The van der Waals surface area contributed by atoms with E-state index in [1.807, 2.05) is 0 Å². The number of fused-ring (bicyclic) bond motifs is 2. The lowest BCUT2D eigenvalue weighted by atomic mass is 9.88. The van der Waals surface area contributed by atoms with Crippen LogP contribution in [0.5, 0.6) is 11.5 Å². The van der Waals surface area contributed by atoms with E-state index in [9.17, 15) is 31.5 Å². The maximum Gasteiger partial charge on any atom is 0.342 e. The number of ether oxygens (including phenoxy) is 3. The van der Waals surface area contributed by atoms with Crippen LogP contribution < -0.4 is 9.47 Å². The molecule has 1 N–H and O–H groups in total. The molecule has 5 aromatic rings. The van der Waals surface area contributed by atoms with E-state index in [4.69, 9.17) is 14.2 Å². The molecule has 0 spiro atoms. The number of aromatic nitrogens is 2.